The summed E-state index contributed by atoms with van der Waals surface area (Å²) in [6.07, 6.45) is 9.57. The van der Waals surface area contributed by atoms with Gasteiger partial charge in [0, 0.05) is 31.5 Å². The van der Waals surface area contributed by atoms with Crippen molar-refractivity contribution in [3.8, 4) is 5.75 Å². The van der Waals surface area contributed by atoms with E-state index in [9.17, 15) is 4.79 Å². The number of nitrogens with zero attached hydrogens (tertiary/aromatic N) is 4. The molecule has 8 heteroatoms. The fourth-order valence-electron chi connectivity index (χ4n) is 4.45. The van der Waals surface area contributed by atoms with Crippen LogP contribution < -0.4 is 15.0 Å². The molecule has 0 radical (unpaired) electrons. The van der Waals surface area contributed by atoms with E-state index in [4.69, 9.17) is 9.26 Å². The van der Waals surface area contributed by atoms with Crippen LogP contribution in [-0.4, -0.2) is 47.3 Å². The number of hydrogen-bond acceptors (Lipinski definition) is 7. The minimum absolute atomic E-state index is 0.0846. The summed E-state index contributed by atoms with van der Waals surface area (Å²) in [7, 11) is 0. The Bertz CT molecular complexity index is 961. The van der Waals surface area contributed by atoms with Gasteiger partial charge in [0.15, 0.2) is 5.82 Å². The Morgan fingerprint density at radius 1 is 1.26 bits per heavy atom. The predicted molar refractivity (Wildman–Crippen MR) is 132 cm³/mol. The Labute approximate surface area is 202 Å². The first-order chi connectivity index (χ1) is 16.5. The molecule has 3 heterocycles. The van der Waals surface area contributed by atoms with E-state index in [1.165, 1.54) is 5.57 Å². The molecule has 8 nitrogen and oxygen atoms in total. The number of amides is 1. The molecule has 0 bridgehead atoms. The first-order valence-electron chi connectivity index (χ1n) is 12.7. The molecule has 1 atom stereocenters. The van der Waals surface area contributed by atoms with Gasteiger partial charge >= 0.3 is 6.01 Å². The Hall–Kier alpha value is -2.90. The molecular weight excluding hydrogens is 430 g/mol. The van der Waals surface area contributed by atoms with Crippen molar-refractivity contribution in [2.45, 2.75) is 65.2 Å². The molecular formula is C26H37N5O3. The van der Waals surface area contributed by atoms with Gasteiger partial charge in [-0.25, -0.2) is 0 Å². The van der Waals surface area contributed by atoms with E-state index in [2.05, 4.69) is 52.2 Å². The summed E-state index contributed by atoms with van der Waals surface area (Å²) in [5.74, 6) is 2.60. The fraction of sp³-hybridized carbons (Fsp3) is 0.615. The van der Waals surface area contributed by atoms with Gasteiger partial charge in [-0.15, -0.1) is 0 Å². The fourth-order valence-corrected chi connectivity index (χ4v) is 4.45. The highest BCUT2D eigenvalue weighted by molar-refractivity contribution is 5.80. The van der Waals surface area contributed by atoms with Crippen LogP contribution in [-0.2, 0) is 4.79 Å². The van der Waals surface area contributed by atoms with Crippen molar-refractivity contribution in [3.63, 3.8) is 0 Å². The summed E-state index contributed by atoms with van der Waals surface area (Å²) < 4.78 is 11.5. The van der Waals surface area contributed by atoms with Gasteiger partial charge < -0.3 is 19.5 Å². The SMILES string of the molecule is CCCNC(=O)C1CC=C(c2ccc(OCC3CCN(c4nc(C(C)C)no4)CC3)cn2)CC1. The molecule has 0 spiro atoms. The Morgan fingerprint density at radius 3 is 2.71 bits per heavy atom. The Balaban J connectivity index is 1.21. The summed E-state index contributed by atoms with van der Waals surface area (Å²) in [5.41, 5.74) is 2.20. The van der Waals surface area contributed by atoms with Gasteiger partial charge in [-0.1, -0.05) is 32.0 Å². The third kappa shape index (κ3) is 6.15. The van der Waals surface area contributed by atoms with Gasteiger partial charge in [0.2, 0.25) is 5.91 Å². The molecule has 1 fully saturated rings. The van der Waals surface area contributed by atoms with E-state index < -0.39 is 0 Å². The molecule has 1 amide bonds. The van der Waals surface area contributed by atoms with Crippen LogP contribution >= 0.6 is 0 Å². The highest BCUT2D eigenvalue weighted by Gasteiger charge is 2.25. The highest BCUT2D eigenvalue weighted by Crippen LogP contribution is 2.30. The molecule has 2 aromatic rings. The standard InChI is InChI=1S/C26H37N5O3/c1-4-13-27-25(32)21-7-5-20(6-8-21)23-10-9-22(16-28-23)33-17-19-11-14-31(15-12-19)26-29-24(18(2)3)30-34-26/h5,9-10,16,18-19,21H,4,6-8,11-15,17H2,1-3H3,(H,27,32). The quantitative estimate of drug-likeness (QED) is 0.576. The Kier molecular flexibility index (Phi) is 8.19. The first-order valence-corrected chi connectivity index (χ1v) is 12.7. The number of anilines is 1. The second-order valence-electron chi connectivity index (χ2n) is 9.70. The van der Waals surface area contributed by atoms with Crippen molar-refractivity contribution in [2.24, 2.45) is 11.8 Å². The maximum atomic E-state index is 12.2. The number of carbonyl (C=O) groups excluding carboxylic acids is 1. The van der Waals surface area contributed by atoms with E-state index >= 15 is 0 Å². The molecule has 1 saturated heterocycles. The summed E-state index contributed by atoms with van der Waals surface area (Å²) >= 11 is 0. The van der Waals surface area contributed by atoms with Crippen LogP contribution in [0.1, 0.15) is 76.7 Å². The minimum atomic E-state index is 0.0846. The number of allylic oxidation sites excluding steroid dienone is 2. The molecule has 34 heavy (non-hydrogen) atoms. The number of hydrogen-bond donors (Lipinski definition) is 1. The van der Waals surface area contributed by atoms with Gasteiger partial charge in [-0.2, -0.15) is 4.98 Å². The monoisotopic (exact) mass is 467 g/mol. The minimum Gasteiger partial charge on any atom is -0.492 e. The zero-order valence-corrected chi connectivity index (χ0v) is 20.6. The Morgan fingerprint density at radius 2 is 2.09 bits per heavy atom. The molecule has 2 aromatic heterocycles. The third-order valence-electron chi connectivity index (χ3n) is 6.71. The van der Waals surface area contributed by atoms with Crippen LogP contribution in [0.5, 0.6) is 5.75 Å². The number of carbonyl (C=O) groups is 1. The zero-order valence-electron chi connectivity index (χ0n) is 20.6. The maximum absolute atomic E-state index is 12.2. The summed E-state index contributed by atoms with van der Waals surface area (Å²) in [4.78, 5) is 23.5. The van der Waals surface area contributed by atoms with E-state index in [-0.39, 0.29) is 17.7 Å². The second-order valence-corrected chi connectivity index (χ2v) is 9.70. The van der Waals surface area contributed by atoms with Crippen LogP contribution in [0.15, 0.2) is 28.9 Å². The van der Waals surface area contributed by atoms with Crippen molar-refractivity contribution >= 4 is 17.5 Å². The summed E-state index contributed by atoms with van der Waals surface area (Å²) in [6.45, 7) is 9.44. The molecule has 1 unspecified atom stereocenters. The lowest BCUT2D eigenvalue weighted by atomic mass is 9.87. The van der Waals surface area contributed by atoms with E-state index in [1.54, 1.807) is 0 Å². The molecule has 1 aliphatic heterocycles. The van der Waals surface area contributed by atoms with Gasteiger partial charge in [0.25, 0.3) is 0 Å². The van der Waals surface area contributed by atoms with Crippen LogP contribution in [0.4, 0.5) is 6.01 Å². The number of rotatable bonds is 9. The van der Waals surface area contributed by atoms with E-state index in [0.29, 0.717) is 18.5 Å². The molecule has 4 rings (SSSR count). The van der Waals surface area contributed by atoms with Crippen LogP contribution in [0.25, 0.3) is 5.57 Å². The number of pyridine rings is 1. The molecule has 1 N–H and O–H groups in total. The largest absolute Gasteiger partial charge is 0.492 e. The number of nitrogens with one attached hydrogen (secondary N) is 1. The van der Waals surface area contributed by atoms with Crippen molar-refractivity contribution in [1.82, 2.24) is 20.4 Å². The van der Waals surface area contributed by atoms with Gasteiger partial charge in [-0.05, 0) is 62.1 Å². The number of ether oxygens (including phenoxy) is 1. The van der Waals surface area contributed by atoms with E-state index in [1.807, 2.05) is 18.3 Å². The van der Waals surface area contributed by atoms with E-state index in [0.717, 1.165) is 75.4 Å². The van der Waals surface area contributed by atoms with Crippen molar-refractivity contribution < 1.29 is 14.1 Å². The highest BCUT2D eigenvalue weighted by atomic mass is 16.5. The third-order valence-corrected chi connectivity index (χ3v) is 6.71. The number of aromatic nitrogens is 3. The normalized spacial score (nSPS) is 19.2. The van der Waals surface area contributed by atoms with Crippen molar-refractivity contribution in [2.75, 3.05) is 31.1 Å². The van der Waals surface area contributed by atoms with Crippen molar-refractivity contribution in [1.29, 1.82) is 0 Å². The summed E-state index contributed by atoms with van der Waals surface area (Å²) in [5, 5.41) is 7.07. The lowest BCUT2D eigenvalue weighted by Gasteiger charge is -2.30. The molecule has 0 aromatic carbocycles. The zero-order chi connectivity index (χ0) is 23.9. The topological polar surface area (TPSA) is 93.4 Å². The van der Waals surface area contributed by atoms with Gasteiger partial charge in [0.05, 0.1) is 18.5 Å². The average Bonchev–Trinajstić information content (AvgIpc) is 3.38. The van der Waals surface area contributed by atoms with Crippen LogP contribution in [0, 0.1) is 11.8 Å². The average molecular weight is 468 g/mol. The molecule has 184 valence electrons. The smallest absolute Gasteiger partial charge is 0.324 e. The lowest BCUT2D eigenvalue weighted by Crippen LogP contribution is -2.35. The number of piperidine rings is 1. The molecule has 2 aliphatic rings. The second kappa shape index (κ2) is 11.5. The van der Waals surface area contributed by atoms with Crippen LogP contribution in [0.2, 0.25) is 0 Å². The predicted octanol–water partition coefficient (Wildman–Crippen LogP) is 4.59. The molecule has 1 aliphatic carbocycles. The van der Waals surface area contributed by atoms with Crippen molar-refractivity contribution in [3.05, 3.63) is 35.9 Å². The summed E-state index contributed by atoms with van der Waals surface area (Å²) in [6, 6.07) is 4.67. The van der Waals surface area contributed by atoms with Gasteiger partial charge in [0.1, 0.15) is 5.75 Å². The van der Waals surface area contributed by atoms with Gasteiger partial charge in [-0.3, -0.25) is 9.78 Å². The lowest BCUT2D eigenvalue weighted by molar-refractivity contribution is -0.125. The molecule has 0 saturated carbocycles. The van der Waals surface area contributed by atoms with Crippen LogP contribution in [0.3, 0.4) is 0 Å². The maximum Gasteiger partial charge on any atom is 0.324 e. The first kappa shape index (κ1) is 24.2.